The SMILES string of the molecule is CCCO[C@H](C[C@H](C(C)C)N(CCC)C(=O)[C@@H](CC(=O)C(C(C)C(=O)OCc1ccc(NC(=O)[C@H](CCCNC(N)=O)CC(=O)[C@@H](NC(=O)CCCCCN2C(=O)C=CC2=O)C(C)C)cc1)[C@@H](C)CC)[C@@H](C)CC)c1nc(C(=O)N[C@@H](Cc2ccccc2)C[C@H](C)C(=O)O)cs1. The fourth-order valence-electron chi connectivity index (χ4n) is 12.2. The average molecular weight is 1350 g/mol. The molecule has 0 fully saturated rings. The van der Waals surface area contributed by atoms with Crippen molar-refractivity contribution in [3.05, 3.63) is 94.0 Å². The molecule has 96 heavy (non-hydrogen) atoms. The Balaban J connectivity index is 1.45. The number of urea groups is 1. The predicted molar refractivity (Wildman–Crippen MR) is 370 cm³/mol. The van der Waals surface area contributed by atoms with Crippen LogP contribution in [-0.4, -0.2) is 129 Å². The van der Waals surface area contributed by atoms with Crippen LogP contribution in [-0.2, 0) is 65.7 Å². The lowest BCUT2D eigenvalue weighted by molar-refractivity contribution is -0.155. The van der Waals surface area contributed by atoms with Crippen molar-refractivity contribution >= 4 is 82.0 Å². The molecular weight excluding hydrogens is 1240 g/mol. The molecule has 4 rings (SSSR count). The number of thiazole rings is 1. The summed E-state index contributed by atoms with van der Waals surface area (Å²) in [7, 11) is 0. The average Bonchev–Trinajstić information content (AvgIpc) is 0.930. The number of amides is 8. The predicted octanol–water partition coefficient (Wildman–Crippen LogP) is 11.0. The van der Waals surface area contributed by atoms with Crippen LogP contribution in [0.3, 0.4) is 0 Å². The van der Waals surface area contributed by atoms with E-state index in [1.807, 2.05) is 76.8 Å². The van der Waals surface area contributed by atoms with Crippen LogP contribution in [0.15, 0.2) is 72.1 Å². The van der Waals surface area contributed by atoms with Gasteiger partial charge in [-0.25, -0.2) is 9.78 Å². The summed E-state index contributed by atoms with van der Waals surface area (Å²) >= 11 is 1.30. The summed E-state index contributed by atoms with van der Waals surface area (Å²) in [4.78, 5) is 154. The van der Waals surface area contributed by atoms with Crippen LogP contribution < -0.4 is 27.0 Å². The number of ether oxygens (including phenoxy) is 2. The van der Waals surface area contributed by atoms with E-state index >= 15 is 4.79 Å². The van der Waals surface area contributed by atoms with Crippen molar-refractivity contribution in [3.8, 4) is 0 Å². The van der Waals surface area contributed by atoms with Gasteiger partial charge in [0.15, 0.2) is 5.78 Å². The lowest BCUT2D eigenvalue weighted by Crippen LogP contribution is -2.49. The Hall–Kier alpha value is -7.66. The number of Topliss-reactive ketones (excluding diaryl/α,β-unsaturated/α-hetero) is 2. The van der Waals surface area contributed by atoms with Gasteiger partial charge in [0.25, 0.3) is 17.7 Å². The number of hydrogen-bond donors (Lipinski definition) is 6. The van der Waals surface area contributed by atoms with Gasteiger partial charge in [0.05, 0.1) is 17.9 Å². The van der Waals surface area contributed by atoms with Crippen LogP contribution in [0.1, 0.15) is 206 Å². The Morgan fingerprint density at radius 1 is 0.740 bits per heavy atom. The van der Waals surface area contributed by atoms with E-state index in [0.29, 0.717) is 93.6 Å². The highest BCUT2D eigenvalue weighted by molar-refractivity contribution is 7.09. The number of carbonyl (C=O) groups excluding carboxylic acids is 10. The first-order valence-corrected chi connectivity index (χ1v) is 35.5. The Bertz CT molecular complexity index is 3040. The second-order valence-corrected chi connectivity index (χ2v) is 27.5. The number of imide groups is 1. The number of nitrogens with one attached hydrogen (secondary N) is 4. The van der Waals surface area contributed by atoms with Gasteiger partial charge in [-0.3, -0.25) is 52.8 Å². The van der Waals surface area contributed by atoms with Gasteiger partial charge >= 0.3 is 18.0 Å². The van der Waals surface area contributed by atoms with Gasteiger partial charge in [0, 0.05) is 105 Å². The van der Waals surface area contributed by atoms with Crippen molar-refractivity contribution in [3.63, 3.8) is 0 Å². The van der Waals surface area contributed by atoms with E-state index in [-0.39, 0.29) is 122 Å². The molecule has 0 saturated heterocycles. The minimum atomic E-state index is -0.952. The Kier molecular flexibility index (Phi) is 34.9. The first-order valence-electron chi connectivity index (χ1n) is 34.6. The van der Waals surface area contributed by atoms with E-state index in [0.717, 1.165) is 10.5 Å². The highest BCUT2D eigenvalue weighted by Gasteiger charge is 2.41. The van der Waals surface area contributed by atoms with Crippen molar-refractivity contribution in [2.75, 3.05) is 31.6 Å². The maximum atomic E-state index is 15.4. The van der Waals surface area contributed by atoms with Gasteiger partial charge in [-0.05, 0) is 98.3 Å². The number of carboxylic acid groups (broad SMARTS) is 1. The topological polar surface area (TPSA) is 320 Å². The summed E-state index contributed by atoms with van der Waals surface area (Å²) in [6, 6.07) is 13.8. The van der Waals surface area contributed by atoms with Crippen LogP contribution in [0.2, 0.25) is 0 Å². The van der Waals surface area contributed by atoms with Crippen molar-refractivity contribution in [2.24, 2.45) is 59.0 Å². The van der Waals surface area contributed by atoms with Gasteiger partial charge < -0.3 is 46.5 Å². The van der Waals surface area contributed by atoms with Crippen molar-refractivity contribution in [1.29, 1.82) is 0 Å². The second kappa shape index (κ2) is 41.4. The number of carboxylic acids is 1. The van der Waals surface area contributed by atoms with Crippen molar-refractivity contribution in [2.45, 2.75) is 210 Å². The molecule has 0 saturated carbocycles. The van der Waals surface area contributed by atoms with E-state index in [9.17, 15) is 53.1 Å². The standard InChI is InChI=1S/C73H108N8O14S/c1-13-35-80(58(45(5)6)42-61(94-37-14-2)69-78-57(44-96-69)68(88)77-55(38-49(11)71(90)91)39-51-24-19-17-20-25-51)70(89)56(47(9)15-3)41-59(82)65(48(10)16-4)50(12)72(92)95-43-52-28-30-54(31-29-52)76-67(87)53(26-23-34-75-73(74)93)40-60(83)66(46(7)8)79-62(84)27-21-18-22-36-81-63(85)32-33-64(81)86/h17,19-20,24-25,28-33,44-50,53,55-56,58,61,65-66H,13-16,18,21-23,26-27,34-43H2,1-12H3,(H,76,87)(H,77,88)(H,79,84)(H,90,91)(H3,74,75,93)/t47-,48-,49-,50?,53+,55+,56-,58+,61+,65?,66-/m0/s1. The minimum absolute atomic E-state index is 0.0588. The molecule has 2 heterocycles. The molecule has 1 aliphatic heterocycles. The molecule has 3 aromatic rings. The molecule has 0 aliphatic carbocycles. The van der Waals surface area contributed by atoms with Crippen molar-refractivity contribution in [1.82, 2.24) is 30.7 Å². The normalized spacial score (nSPS) is 15.7. The molecule has 530 valence electrons. The van der Waals surface area contributed by atoms with Crippen LogP contribution in [0, 0.1) is 53.3 Å². The Morgan fingerprint density at radius 3 is 2.00 bits per heavy atom. The number of primary amides is 1. The molecule has 0 bridgehead atoms. The maximum Gasteiger partial charge on any atom is 0.312 e. The third-order valence-electron chi connectivity index (χ3n) is 18.2. The zero-order valence-electron chi connectivity index (χ0n) is 58.7. The quantitative estimate of drug-likeness (QED) is 0.0174. The van der Waals surface area contributed by atoms with Gasteiger partial charge in [-0.1, -0.05) is 145 Å². The number of nitrogens with two attached hydrogens (primary N) is 1. The first kappa shape index (κ1) is 80.8. The zero-order valence-corrected chi connectivity index (χ0v) is 59.5. The number of anilines is 1. The van der Waals surface area contributed by atoms with Crippen molar-refractivity contribution < 1.29 is 67.3 Å². The summed E-state index contributed by atoms with van der Waals surface area (Å²) < 4.78 is 12.4. The highest BCUT2D eigenvalue weighted by atomic mass is 32.1. The number of hydrogen-bond acceptors (Lipinski definition) is 15. The minimum Gasteiger partial charge on any atom is -0.481 e. The summed E-state index contributed by atoms with van der Waals surface area (Å²) in [6.45, 7) is 24.0. The van der Waals surface area contributed by atoms with E-state index in [1.54, 1.807) is 57.3 Å². The summed E-state index contributed by atoms with van der Waals surface area (Å²) in [6.07, 6.45) is 7.39. The monoisotopic (exact) mass is 1350 g/mol. The van der Waals surface area contributed by atoms with E-state index in [2.05, 4.69) is 35.1 Å². The molecule has 1 aromatic heterocycles. The molecule has 7 N–H and O–H groups in total. The fourth-order valence-corrected chi connectivity index (χ4v) is 13.0. The molecule has 0 spiro atoms. The number of benzene rings is 2. The van der Waals surface area contributed by atoms with Gasteiger partial charge in [0.2, 0.25) is 17.7 Å². The van der Waals surface area contributed by atoms with E-state index in [4.69, 9.17) is 20.2 Å². The van der Waals surface area contributed by atoms with Crippen LogP contribution in [0.25, 0.3) is 0 Å². The first-order chi connectivity index (χ1) is 45.6. The number of carbonyl (C=O) groups is 11. The number of aliphatic carboxylic acids is 1. The third kappa shape index (κ3) is 26.1. The lowest BCUT2D eigenvalue weighted by Gasteiger charge is -2.39. The summed E-state index contributed by atoms with van der Waals surface area (Å²) in [5, 5.41) is 23.3. The molecule has 2 aromatic carbocycles. The van der Waals surface area contributed by atoms with E-state index in [1.165, 1.54) is 23.5 Å². The van der Waals surface area contributed by atoms with Gasteiger partial charge in [-0.15, -0.1) is 11.3 Å². The number of rotatable bonds is 46. The molecule has 1 aliphatic rings. The zero-order chi connectivity index (χ0) is 71.2. The molecule has 11 atom stereocenters. The largest absolute Gasteiger partial charge is 0.481 e. The number of nitrogens with zero attached hydrogens (tertiary/aromatic N) is 3. The Labute approximate surface area is 572 Å². The van der Waals surface area contributed by atoms with Crippen LogP contribution in [0.5, 0.6) is 0 Å². The smallest absolute Gasteiger partial charge is 0.312 e. The van der Waals surface area contributed by atoms with E-state index < -0.39 is 77.6 Å². The lowest BCUT2D eigenvalue weighted by atomic mass is 9.74. The molecule has 23 heteroatoms. The van der Waals surface area contributed by atoms with Gasteiger partial charge in [-0.2, -0.15) is 0 Å². The van der Waals surface area contributed by atoms with Crippen LogP contribution >= 0.6 is 11.3 Å². The second-order valence-electron chi connectivity index (χ2n) is 26.6. The number of ketones is 2. The third-order valence-corrected chi connectivity index (χ3v) is 19.2. The van der Waals surface area contributed by atoms with Crippen LogP contribution in [0.4, 0.5) is 10.5 Å². The fraction of sp³-hybridized carbons (Fsp3) is 0.616. The number of esters is 1. The highest BCUT2D eigenvalue weighted by Crippen LogP contribution is 2.36. The molecule has 0 radical (unpaired) electrons. The maximum absolute atomic E-state index is 15.4. The molecule has 22 nitrogen and oxygen atoms in total. The summed E-state index contributed by atoms with van der Waals surface area (Å²) in [5.74, 6) is -8.86. The molecule has 8 amide bonds. The summed E-state index contributed by atoms with van der Waals surface area (Å²) in [5.41, 5.74) is 7.42. The number of aromatic nitrogens is 1. The van der Waals surface area contributed by atoms with Gasteiger partial charge in [0.1, 0.15) is 29.2 Å². The Morgan fingerprint density at radius 2 is 1.41 bits per heavy atom. The molecular formula is C73H108N8O14S. The number of unbranched alkanes of at least 4 members (excludes halogenated alkanes) is 2. The molecule has 2 unspecified atom stereocenters.